The number of fused-ring (bicyclic) bond motifs is 1. The molecule has 3 aromatic rings. The average Bonchev–Trinajstić information content (AvgIpc) is 3.00. The Morgan fingerprint density at radius 1 is 1.11 bits per heavy atom. The number of piperidine rings is 1. The van der Waals surface area contributed by atoms with Gasteiger partial charge in [0.15, 0.2) is 5.58 Å². The maximum atomic E-state index is 12.4. The molecule has 0 aliphatic carbocycles. The largest absolute Gasteiger partial charge is 0.420 e. The Morgan fingerprint density at radius 2 is 1.82 bits per heavy atom. The van der Waals surface area contributed by atoms with Crippen LogP contribution in [0.3, 0.4) is 0 Å². The molecule has 1 aromatic heterocycles. The van der Waals surface area contributed by atoms with Gasteiger partial charge in [-0.25, -0.2) is 4.79 Å². The fraction of sp³-hybridized carbons (Fsp3) is 0.333. The predicted molar refractivity (Wildman–Crippen MR) is 108 cm³/mol. The minimum atomic E-state index is -0.505. The lowest BCUT2D eigenvalue weighted by molar-refractivity contribution is -0.122. The van der Waals surface area contributed by atoms with Crippen molar-refractivity contribution >= 4 is 28.6 Å². The van der Waals surface area contributed by atoms with Gasteiger partial charge in [0.1, 0.15) is 6.54 Å². The summed E-state index contributed by atoms with van der Waals surface area (Å²) in [7, 11) is 0. The van der Waals surface area contributed by atoms with E-state index in [9.17, 15) is 9.59 Å². The Bertz CT molecular complexity index is 1020. The Labute approximate surface area is 167 Å². The van der Waals surface area contributed by atoms with E-state index in [-0.39, 0.29) is 18.5 Å². The number of carbonyl (C=O) groups is 1. The van der Waals surface area contributed by atoms with Gasteiger partial charge in [-0.1, -0.05) is 35.9 Å². The third kappa shape index (κ3) is 4.29. The maximum absolute atomic E-state index is 12.4. The molecule has 2 aromatic carbocycles. The molecule has 28 heavy (non-hydrogen) atoms. The molecule has 4 rings (SSSR count). The summed E-state index contributed by atoms with van der Waals surface area (Å²) in [4.78, 5) is 26.8. The zero-order valence-electron chi connectivity index (χ0n) is 15.4. The van der Waals surface area contributed by atoms with Crippen LogP contribution in [0.25, 0.3) is 11.1 Å². The van der Waals surface area contributed by atoms with E-state index in [4.69, 9.17) is 16.0 Å². The van der Waals surface area contributed by atoms with Gasteiger partial charge in [0.2, 0.25) is 5.91 Å². The molecule has 1 fully saturated rings. The highest BCUT2D eigenvalue weighted by atomic mass is 35.5. The Kier molecular flexibility index (Phi) is 5.50. The van der Waals surface area contributed by atoms with E-state index >= 15 is 0 Å². The number of amides is 1. The molecule has 7 heteroatoms. The molecule has 0 bridgehead atoms. The van der Waals surface area contributed by atoms with Crippen LogP contribution in [0, 0.1) is 0 Å². The second kappa shape index (κ2) is 8.20. The Balaban J connectivity index is 1.29. The monoisotopic (exact) mass is 399 g/mol. The molecule has 1 saturated heterocycles. The second-order valence-electron chi connectivity index (χ2n) is 7.17. The van der Waals surface area contributed by atoms with Crippen LogP contribution in [0.5, 0.6) is 0 Å². The molecular formula is C21H22ClN3O3. The molecule has 0 unspecified atom stereocenters. The molecule has 1 N–H and O–H groups in total. The van der Waals surface area contributed by atoms with Crippen molar-refractivity contribution in [2.75, 3.05) is 13.1 Å². The summed E-state index contributed by atoms with van der Waals surface area (Å²) >= 11 is 5.93. The molecular weight excluding hydrogens is 378 g/mol. The fourth-order valence-electron chi connectivity index (χ4n) is 3.66. The first-order chi connectivity index (χ1) is 13.6. The minimum absolute atomic E-state index is 0.0269. The molecule has 1 aliphatic heterocycles. The van der Waals surface area contributed by atoms with Crippen molar-refractivity contribution in [1.29, 1.82) is 0 Å². The summed E-state index contributed by atoms with van der Waals surface area (Å²) in [5.74, 6) is -0.668. The van der Waals surface area contributed by atoms with Gasteiger partial charge in [-0.05, 0) is 42.7 Å². The summed E-state index contributed by atoms with van der Waals surface area (Å²) < 4.78 is 6.56. The van der Waals surface area contributed by atoms with Crippen LogP contribution < -0.4 is 11.1 Å². The number of benzene rings is 2. The molecule has 0 saturated carbocycles. The average molecular weight is 400 g/mol. The Hall–Kier alpha value is -2.57. The quantitative estimate of drug-likeness (QED) is 0.716. The van der Waals surface area contributed by atoms with Gasteiger partial charge in [0.25, 0.3) is 0 Å². The summed E-state index contributed by atoms with van der Waals surface area (Å²) in [6.45, 7) is 2.69. The van der Waals surface area contributed by atoms with Crippen LogP contribution in [0.15, 0.2) is 57.7 Å². The second-order valence-corrected chi connectivity index (χ2v) is 7.60. The highest BCUT2D eigenvalue weighted by Crippen LogP contribution is 2.16. The van der Waals surface area contributed by atoms with Gasteiger partial charge in [0.05, 0.1) is 5.52 Å². The first kappa shape index (κ1) is 18.8. The first-order valence-corrected chi connectivity index (χ1v) is 9.81. The fourth-order valence-corrected chi connectivity index (χ4v) is 3.79. The van der Waals surface area contributed by atoms with E-state index in [0.29, 0.717) is 11.1 Å². The van der Waals surface area contributed by atoms with E-state index < -0.39 is 5.76 Å². The zero-order valence-corrected chi connectivity index (χ0v) is 16.2. The SMILES string of the molecule is O=C(Cn1c(=O)oc2ccccc21)NC1CCN(Cc2ccc(Cl)cc2)CC1. The molecule has 2 heterocycles. The van der Waals surface area contributed by atoms with E-state index in [1.165, 1.54) is 10.1 Å². The molecule has 0 radical (unpaired) electrons. The van der Waals surface area contributed by atoms with Crippen molar-refractivity contribution in [1.82, 2.24) is 14.8 Å². The number of halogens is 1. The lowest BCUT2D eigenvalue weighted by atomic mass is 10.0. The number of rotatable bonds is 5. The number of likely N-dealkylation sites (tertiary alicyclic amines) is 1. The summed E-state index contributed by atoms with van der Waals surface area (Å²) in [6.07, 6.45) is 1.78. The van der Waals surface area contributed by atoms with Crippen LogP contribution in [0.2, 0.25) is 5.02 Å². The lowest BCUT2D eigenvalue weighted by Crippen LogP contribution is -2.45. The van der Waals surface area contributed by atoms with Gasteiger partial charge >= 0.3 is 5.76 Å². The number of oxazole rings is 1. The minimum Gasteiger partial charge on any atom is -0.408 e. The molecule has 0 spiro atoms. The van der Waals surface area contributed by atoms with Crippen LogP contribution in [0.1, 0.15) is 18.4 Å². The first-order valence-electron chi connectivity index (χ1n) is 9.43. The predicted octanol–water partition coefficient (Wildman–Crippen LogP) is 3.03. The van der Waals surface area contributed by atoms with Crippen LogP contribution in [0.4, 0.5) is 0 Å². The maximum Gasteiger partial charge on any atom is 0.420 e. The number of nitrogens with zero attached hydrogens (tertiary/aromatic N) is 2. The van der Waals surface area contributed by atoms with Crippen LogP contribution in [-0.4, -0.2) is 34.5 Å². The number of para-hydroxylation sites is 2. The lowest BCUT2D eigenvalue weighted by Gasteiger charge is -2.32. The van der Waals surface area contributed by atoms with E-state index in [1.807, 2.05) is 30.3 Å². The standard InChI is InChI=1S/C21H22ClN3O3/c22-16-7-5-15(6-8-16)13-24-11-9-17(10-12-24)23-20(26)14-25-18-3-1-2-4-19(18)28-21(25)27/h1-8,17H,9-14H2,(H,23,26). The summed E-state index contributed by atoms with van der Waals surface area (Å²) in [6, 6.07) is 15.2. The smallest absolute Gasteiger partial charge is 0.408 e. The van der Waals surface area contributed by atoms with E-state index in [1.54, 1.807) is 18.2 Å². The number of hydrogen-bond acceptors (Lipinski definition) is 4. The highest BCUT2D eigenvalue weighted by Gasteiger charge is 2.21. The van der Waals surface area contributed by atoms with Crippen molar-refractivity contribution in [3.8, 4) is 0 Å². The topological polar surface area (TPSA) is 67.5 Å². The Morgan fingerprint density at radius 3 is 2.57 bits per heavy atom. The molecule has 1 amide bonds. The highest BCUT2D eigenvalue weighted by molar-refractivity contribution is 6.30. The number of nitrogens with one attached hydrogen (secondary N) is 1. The van der Waals surface area contributed by atoms with E-state index in [0.717, 1.165) is 37.5 Å². The van der Waals surface area contributed by atoms with Gasteiger partial charge in [-0.15, -0.1) is 0 Å². The van der Waals surface area contributed by atoms with Crippen molar-refractivity contribution in [3.05, 3.63) is 69.7 Å². The molecule has 1 aliphatic rings. The summed E-state index contributed by atoms with van der Waals surface area (Å²) in [5, 5.41) is 3.80. The van der Waals surface area contributed by atoms with Gasteiger partial charge in [-0.2, -0.15) is 0 Å². The van der Waals surface area contributed by atoms with Crippen molar-refractivity contribution in [2.24, 2.45) is 0 Å². The van der Waals surface area contributed by atoms with Crippen LogP contribution >= 0.6 is 11.6 Å². The van der Waals surface area contributed by atoms with E-state index in [2.05, 4.69) is 10.2 Å². The van der Waals surface area contributed by atoms with Gasteiger partial charge in [0, 0.05) is 30.7 Å². The molecule has 6 nitrogen and oxygen atoms in total. The third-order valence-electron chi connectivity index (χ3n) is 5.15. The molecule has 0 atom stereocenters. The van der Waals surface area contributed by atoms with Crippen molar-refractivity contribution < 1.29 is 9.21 Å². The number of carbonyl (C=O) groups excluding carboxylic acids is 1. The number of aromatic nitrogens is 1. The number of hydrogen-bond donors (Lipinski definition) is 1. The summed E-state index contributed by atoms with van der Waals surface area (Å²) in [5.41, 5.74) is 2.37. The normalized spacial score (nSPS) is 15.8. The van der Waals surface area contributed by atoms with Crippen LogP contribution in [-0.2, 0) is 17.9 Å². The van der Waals surface area contributed by atoms with Crippen molar-refractivity contribution in [2.45, 2.75) is 32.0 Å². The zero-order chi connectivity index (χ0) is 19.5. The molecule has 146 valence electrons. The van der Waals surface area contributed by atoms with Gasteiger partial charge < -0.3 is 9.73 Å². The van der Waals surface area contributed by atoms with Gasteiger partial charge in [-0.3, -0.25) is 14.3 Å². The third-order valence-corrected chi connectivity index (χ3v) is 5.40. The van der Waals surface area contributed by atoms with Crippen molar-refractivity contribution in [3.63, 3.8) is 0 Å².